The molecule has 0 N–H and O–H groups in total. The van der Waals surface area contributed by atoms with Crippen molar-refractivity contribution in [1.82, 2.24) is 39.1 Å². The van der Waals surface area contributed by atoms with Gasteiger partial charge in [0.05, 0.1) is 23.6 Å². The van der Waals surface area contributed by atoms with Crippen LogP contribution in [0.5, 0.6) is 0 Å². The predicted molar refractivity (Wildman–Crippen MR) is 111 cm³/mol. The molecule has 0 unspecified atom stereocenters. The molecule has 5 heterocycles. The molecule has 1 fully saturated rings. The first-order valence-electron chi connectivity index (χ1n) is 10.5. The van der Waals surface area contributed by atoms with Gasteiger partial charge in [-0.3, -0.25) is 14.4 Å². The van der Waals surface area contributed by atoms with Crippen LogP contribution in [0.1, 0.15) is 36.1 Å². The molecule has 3 aromatic heterocycles. The first-order chi connectivity index (χ1) is 14.6. The van der Waals surface area contributed by atoms with Gasteiger partial charge in [-0.15, -0.1) is 0 Å². The number of amides is 1. The molecule has 0 aromatic carbocycles. The highest BCUT2D eigenvalue weighted by molar-refractivity contribution is 5.92. The summed E-state index contributed by atoms with van der Waals surface area (Å²) in [5.41, 5.74) is 2.52. The Morgan fingerprint density at radius 3 is 2.63 bits per heavy atom. The highest BCUT2D eigenvalue weighted by atomic mass is 16.2. The van der Waals surface area contributed by atoms with Gasteiger partial charge in [-0.1, -0.05) is 6.92 Å². The minimum atomic E-state index is -0.143. The Bertz CT molecular complexity index is 1050. The monoisotopic (exact) mass is 406 g/mol. The molecular weight excluding hydrogens is 380 g/mol. The first-order valence-corrected chi connectivity index (χ1v) is 10.5. The lowest BCUT2D eigenvalue weighted by Gasteiger charge is -2.50. The van der Waals surface area contributed by atoms with Crippen LogP contribution >= 0.6 is 0 Å². The fourth-order valence-electron chi connectivity index (χ4n) is 4.99. The third-order valence-electron chi connectivity index (χ3n) is 6.53. The Morgan fingerprint density at radius 1 is 1.13 bits per heavy atom. The molecule has 1 amide bonds. The van der Waals surface area contributed by atoms with Gasteiger partial charge in [0.15, 0.2) is 0 Å². The van der Waals surface area contributed by atoms with Crippen LogP contribution in [-0.2, 0) is 19.1 Å². The lowest BCUT2D eigenvalue weighted by Crippen LogP contribution is -2.58. The summed E-state index contributed by atoms with van der Waals surface area (Å²) < 4.78 is 4.18. The van der Waals surface area contributed by atoms with Crippen molar-refractivity contribution in [3.05, 3.63) is 48.7 Å². The Balaban J connectivity index is 1.44. The molecule has 0 aliphatic carbocycles. The van der Waals surface area contributed by atoms with Crippen molar-refractivity contribution in [2.24, 2.45) is 7.05 Å². The van der Waals surface area contributed by atoms with Crippen molar-refractivity contribution in [2.45, 2.75) is 31.8 Å². The van der Waals surface area contributed by atoms with E-state index in [2.05, 4.69) is 31.5 Å². The van der Waals surface area contributed by atoms with Crippen LogP contribution in [-0.4, -0.2) is 71.2 Å². The SMILES string of the molecule is CCN1CCn2c(-c3cnn(C)c3)cnc2C12CCN(C(=O)c1ccncn1)CC2. The normalized spacial score (nSPS) is 18.5. The van der Waals surface area contributed by atoms with E-state index in [-0.39, 0.29) is 11.4 Å². The topological polar surface area (TPSA) is 85.0 Å². The second-order valence-electron chi connectivity index (χ2n) is 8.02. The summed E-state index contributed by atoms with van der Waals surface area (Å²) >= 11 is 0. The molecule has 0 saturated carbocycles. The van der Waals surface area contributed by atoms with Crippen molar-refractivity contribution in [2.75, 3.05) is 26.2 Å². The van der Waals surface area contributed by atoms with Crippen molar-refractivity contribution in [3.8, 4) is 11.3 Å². The summed E-state index contributed by atoms with van der Waals surface area (Å²) in [6.07, 6.45) is 10.7. The van der Waals surface area contributed by atoms with E-state index < -0.39 is 0 Å². The Labute approximate surface area is 175 Å². The summed E-state index contributed by atoms with van der Waals surface area (Å²) in [7, 11) is 1.93. The molecule has 2 aliphatic heterocycles. The highest BCUT2D eigenvalue weighted by Crippen LogP contribution is 2.42. The Hall–Kier alpha value is -3.07. The van der Waals surface area contributed by atoms with Crippen LogP contribution < -0.4 is 0 Å². The van der Waals surface area contributed by atoms with E-state index in [9.17, 15) is 4.79 Å². The molecule has 0 bridgehead atoms. The maximum absolute atomic E-state index is 12.9. The highest BCUT2D eigenvalue weighted by Gasteiger charge is 2.47. The second kappa shape index (κ2) is 7.32. The average Bonchev–Trinajstić information content (AvgIpc) is 3.41. The van der Waals surface area contributed by atoms with Crippen LogP contribution in [0.3, 0.4) is 0 Å². The fraction of sp³-hybridized carbons (Fsp3) is 0.476. The fourth-order valence-corrected chi connectivity index (χ4v) is 4.99. The molecule has 1 saturated heterocycles. The van der Waals surface area contributed by atoms with E-state index in [4.69, 9.17) is 4.98 Å². The Kier molecular flexibility index (Phi) is 4.62. The Morgan fingerprint density at radius 2 is 1.97 bits per heavy atom. The number of hydrogen-bond donors (Lipinski definition) is 0. The molecule has 9 heteroatoms. The van der Waals surface area contributed by atoms with Gasteiger partial charge >= 0.3 is 0 Å². The van der Waals surface area contributed by atoms with Crippen LogP contribution in [0.4, 0.5) is 0 Å². The molecular formula is C21H26N8O. The van der Waals surface area contributed by atoms with E-state index in [0.29, 0.717) is 18.8 Å². The van der Waals surface area contributed by atoms with E-state index >= 15 is 0 Å². The molecule has 0 radical (unpaired) electrons. The van der Waals surface area contributed by atoms with Crippen molar-refractivity contribution >= 4 is 5.91 Å². The van der Waals surface area contributed by atoms with Crippen LogP contribution in [0.25, 0.3) is 11.3 Å². The summed E-state index contributed by atoms with van der Waals surface area (Å²) in [6.45, 7) is 6.45. The summed E-state index contributed by atoms with van der Waals surface area (Å²) in [5.74, 6) is 1.09. The van der Waals surface area contributed by atoms with Gasteiger partial charge in [-0.05, 0) is 25.5 Å². The summed E-state index contributed by atoms with van der Waals surface area (Å²) in [4.78, 5) is 30.2. The largest absolute Gasteiger partial charge is 0.337 e. The molecule has 5 rings (SSSR count). The lowest BCUT2D eigenvalue weighted by molar-refractivity contribution is -0.00328. The average molecular weight is 406 g/mol. The molecule has 156 valence electrons. The zero-order chi connectivity index (χ0) is 20.7. The maximum atomic E-state index is 12.9. The number of nitrogens with zero attached hydrogens (tertiary/aromatic N) is 8. The van der Waals surface area contributed by atoms with Crippen LogP contribution in [0, 0.1) is 0 Å². The van der Waals surface area contributed by atoms with Gasteiger partial charge in [0.1, 0.15) is 17.8 Å². The number of carbonyl (C=O) groups excluding carboxylic acids is 1. The van der Waals surface area contributed by atoms with E-state index in [0.717, 1.165) is 49.6 Å². The number of hydrogen-bond acceptors (Lipinski definition) is 6. The lowest BCUT2D eigenvalue weighted by atomic mass is 9.83. The molecule has 2 aliphatic rings. The third kappa shape index (κ3) is 2.92. The summed E-state index contributed by atoms with van der Waals surface area (Å²) in [5, 5.41) is 4.33. The quantitative estimate of drug-likeness (QED) is 0.656. The zero-order valence-electron chi connectivity index (χ0n) is 17.4. The molecule has 9 nitrogen and oxygen atoms in total. The first kappa shape index (κ1) is 18.9. The number of fused-ring (bicyclic) bond motifs is 2. The van der Waals surface area contributed by atoms with Gasteiger partial charge in [0, 0.05) is 51.2 Å². The van der Waals surface area contributed by atoms with Gasteiger partial charge in [0.25, 0.3) is 5.91 Å². The zero-order valence-corrected chi connectivity index (χ0v) is 17.4. The van der Waals surface area contributed by atoms with Crippen molar-refractivity contribution < 1.29 is 4.79 Å². The molecule has 0 atom stereocenters. The van der Waals surface area contributed by atoms with Crippen LogP contribution in [0.2, 0.25) is 0 Å². The number of aryl methyl sites for hydroxylation is 1. The maximum Gasteiger partial charge on any atom is 0.272 e. The van der Waals surface area contributed by atoms with Gasteiger partial charge in [-0.2, -0.15) is 5.10 Å². The predicted octanol–water partition coefficient (Wildman–Crippen LogP) is 1.54. The van der Waals surface area contributed by atoms with Crippen LogP contribution in [0.15, 0.2) is 37.2 Å². The van der Waals surface area contributed by atoms with E-state index in [1.54, 1.807) is 12.3 Å². The standard InChI is InChI=1S/C21H26N8O/c1-3-28-10-11-29-18(16-12-25-26(2)14-16)13-23-20(29)21(28)5-8-27(9-6-21)19(30)17-4-7-22-15-24-17/h4,7,12-15H,3,5-6,8-11H2,1-2H3. The van der Waals surface area contributed by atoms with Gasteiger partial charge in [-0.25, -0.2) is 15.0 Å². The van der Waals surface area contributed by atoms with Crippen molar-refractivity contribution in [1.29, 1.82) is 0 Å². The minimum Gasteiger partial charge on any atom is -0.337 e. The molecule has 1 spiro atoms. The summed E-state index contributed by atoms with van der Waals surface area (Å²) in [6, 6.07) is 1.68. The third-order valence-corrected chi connectivity index (χ3v) is 6.53. The number of likely N-dealkylation sites (N-methyl/N-ethyl adjacent to an activating group) is 1. The number of likely N-dealkylation sites (tertiary alicyclic amines) is 1. The van der Waals surface area contributed by atoms with Gasteiger partial charge in [0.2, 0.25) is 0 Å². The molecule has 30 heavy (non-hydrogen) atoms. The minimum absolute atomic E-state index is 0.0227. The number of imidazole rings is 1. The number of piperidine rings is 1. The van der Waals surface area contributed by atoms with E-state index in [1.165, 1.54) is 6.33 Å². The number of rotatable bonds is 3. The number of aromatic nitrogens is 6. The molecule has 3 aromatic rings. The van der Waals surface area contributed by atoms with Crippen molar-refractivity contribution in [3.63, 3.8) is 0 Å². The van der Waals surface area contributed by atoms with Gasteiger partial charge < -0.3 is 9.47 Å². The number of carbonyl (C=O) groups is 1. The van der Waals surface area contributed by atoms with E-state index in [1.807, 2.05) is 35.2 Å². The second-order valence-corrected chi connectivity index (χ2v) is 8.02. The smallest absolute Gasteiger partial charge is 0.272 e.